The molecule has 0 radical (unpaired) electrons. The summed E-state index contributed by atoms with van der Waals surface area (Å²) in [5.74, 6) is 3.11. The molecule has 0 amide bonds. The number of nitrogens with one attached hydrogen (secondary N) is 1. The molecule has 1 atom stereocenters. The average molecular weight is 326 g/mol. The first-order valence-corrected chi connectivity index (χ1v) is 9.27. The van der Waals surface area contributed by atoms with Gasteiger partial charge in [0.25, 0.3) is 0 Å². The van der Waals surface area contributed by atoms with E-state index >= 15 is 0 Å². The highest BCUT2D eigenvalue weighted by molar-refractivity contribution is 5.09. The summed E-state index contributed by atoms with van der Waals surface area (Å²) in [6.45, 7) is 3.09. The van der Waals surface area contributed by atoms with Crippen LogP contribution in [0, 0.1) is 0 Å². The maximum atomic E-state index is 4.67. The normalized spacial score (nSPS) is 23.4. The molecule has 1 aliphatic carbocycles. The average Bonchev–Trinajstić information content (AvgIpc) is 3.18. The van der Waals surface area contributed by atoms with E-state index in [-0.39, 0.29) is 0 Å². The van der Waals surface area contributed by atoms with Gasteiger partial charge in [0, 0.05) is 42.9 Å². The Morgan fingerprint density at radius 1 is 0.958 bits per heavy atom. The van der Waals surface area contributed by atoms with Gasteiger partial charge in [0.15, 0.2) is 0 Å². The highest BCUT2D eigenvalue weighted by Gasteiger charge is 2.24. The third kappa shape index (κ3) is 3.64. The van der Waals surface area contributed by atoms with Gasteiger partial charge in [-0.05, 0) is 32.2 Å². The Labute approximate surface area is 143 Å². The first-order chi connectivity index (χ1) is 11.9. The number of aromatic amines is 1. The number of nitrogens with zero attached hydrogens (tertiary/aromatic N) is 5. The summed E-state index contributed by atoms with van der Waals surface area (Å²) in [7, 11) is 0. The molecule has 0 spiro atoms. The van der Waals surface area contributed by atoms with Crippen LogP contribution in [-0.2, 0) is 6.54 Å². The molecule has 4 rings (SSSR count). The number of H-pyrrole nitrogens is 1. The fourth-order valence-electron chi connectivity index (χ4n) is 4.11. The van der Waals surface area contributed by atoms with Gasteiger partial charge in [-0.25, -0.2) is 15.0 Å². The van der Waals surface area contributed by atoms with Gasteiger partial charge in [-0.15, -0.1) is 0 Å². The predicted octanol–water partition coefficient (Wildman–Crippen LogP) is 3.02. The highest BCUT2D eigenvalue weighted by Crippen LogP contribution is 2.30. The summed E-state index contributed by atoms with van der Waals surface area (Å²) >= 11 is 0. The van der Waals surface area contributed by atoms with Crippen LogP contribution in [0.15, 0.2) is 18.7 Å². The zero-order valence-corrected chi connectivity index (χ0v) is 14.2. The van der Waals surface area contributed by atoms with Crippen molar-refractivity contribution in [2.45, 2.75) is 63.3 Å². The molecular formula is C18H26N6. The molecule has 1 saturated heterocycles. The van der Waals surface area contributed by atoms with Crippen molar-refractivity contribution < 1.29 is 0 Å². The van der Waals surface area contributed by atoms with Gasteiger partial charge in [-0.1, -0.05) is 19.3 Å². The molecular weight excluding hydrogens is 300 g/mol. The summed E-state index contributed by atoms with van der Waals surface area (Å²) in [5.41, 5.74) is 1.22. The number of rotatable bonds is 4. The number of aromatic nitrogens is 5. The highest BCUT2D eigenvalue weighted by atomic mass is 15.2. The van der Waals surface area contributed by atoms with E-state index in [1.54, 1.807) is 6.33 Å². The molecule has 0 aromatic carbocycles. The molecule has 2 aliphatic rings. The van der Waals surface area contributed by atoms with Gasteiger partial charge in [0.1, 0.15) is 18.0 Å². The van der Waals surface area contributed by atoms with E-state index in [1.165, 1.54) is 50.5 Å². The summed E-state index contributed by atoms with van der Waals surface area (Å²) in [6.07, 6.45) is 14.6. The lowest BCUT2D eigenvalue weighted by molar-refractivity contribution is 0.196. The van der Waals surface area contributed by atoms with Crippen LogP contribution in [0.5, 0.6) is 0 Å². The molecule has 2 fully saturated rings. The molecule has 0 unspecified atom stereocenters. The van der Waals surface area contributed by atoms with Gasteiger partial charge in [0.2, 0.25) is 0 Å². The minimum Gasteiger partial charge on any atom is -0.298 e. The van der Waals surface area contributed by atoms with Gasteiger partial charge in [-0.3, -0.25) is 10.00 Å². The smallest absolute Gasteiger partial charge is 0.137 e. The Morgan fingerprint density at radius 3 is 2.50 bits per heavy atom. The molecule has 1 saturated carbocycles. The van der Waals surface area contributed by atoms with Crippen molar-refractivity contribution in [2.24, 2.45) is 0 Å². The van der Waals surface area contributed by atoms with Crippen LogP contribution in [0.3, 0.4) is 0 Å². The Kier molecular flexibility index (Phi) is 4.83. The van der Waals surface area contributed by atoms with Crippen molar-refractivity contribution in [3.05, 3.63) is 35.9 Å². The maximum absolute atomic E-state index is 4.67. The fourth-order valence-corrected chi connectivity index (χ4v) is 4.11. The molecule has 24 heavy (non-hydrogen) atoms. The van der Waals surface area contributed by atoms with E-state index in [0.717, 1.165) is 31.3 Å². The van der Waals surface area contributed by atoms with Crippen molar-refractivity contribution in [3.8, 4) is 0 Å². The van der Waals surface area contributed by atoms with Gasteiger partial charge < -0.3 is 0 Å². The van der Waals surface area contributed by atoms with Crippen molar-refractivity contribution in [1.82, 2.24) is 30.0 Å². The minimum absolute atomic E-state index is 0.462. The summed E-state index contributed by atoms with van der Waals surface area (Å²) in [5, 5.41) is 7.01. The first-order valence-electron chi connectivity index (χ1n) is 9.27. The minimum atomic E-state index is 0.462. The number of hydrogen-bond acceptors (Lipinski definition) is 5. The van der Waals surface area contributed by atoms with Crippen LogP contribution in [0.4, 0.5) is 0 Å². The standard InChI is InChI=1S/C18H26N6/c1-2-5-15(6-3-1)17-19-9-14(10-20-17)11-24-8-4-7-16(12-24)18-21-13-22-23-18/h9-10,13,15-16H,1-8,11-12H2,(H,21,22,23)/t16-/m1/s1. The summed E-state index contributed by atoms with van der Waals surface area (Å²) < 4.78 is 0. The van der Waals surface area contributed by atoms with Gasteiger partial charge >= 0.3 is 0 Å². The van der Waals surface area contributed by atoms with Gasteiger partial charge in [-0.2, -0.15) is 5.10 Å². The Bertz CT molecular complexity index is 617. The van der Waals surface area contributed by atoms with Crippen LogP contribution in [-0.4, -0.2) is 43.1 Å². The van der Waals surface area contributed by atoms with Crippen LogP contribution in [0.1, 0.15) is 74.0 Å². The topological polar surface area (TPSA) is 70.6 Å². The van der Waals surface area contributed by atoms with Crippen LogP contribution < -0.4 is 0 Å². The monoisotopic (exact) mass is 326 g/mol. The third-order valence-electron chi connectivity index (χ3n) is 5.43. The zero-order valence-electron chi connectivity index (χ0n) is 14.2. The lowest BCUT2D eigenvalue weighted by atomic mass is 9.89. The first kappa shape index (κ1) is 15.7. The molecule has 6 heteroatoms. The summed E-state index contributed by atoms with van der Waals surface area (Å²) in [4.78, 5) is 16.1. The van der Waals surface area contributed by atoms with Crippen LogP contribution in [0.25, 0.3) is 0 Å². The third-order valence-corrected chi connectivity index (χ3v) is 5.43. The second kappa shape index (κ2) is 7.38. The Hall–Kier alpha value is -1.82. The van der Waals surface area contributed by atoms with E-state index in [4.69, 9.17) is 0 Å². The number of hydrogen-bond donors (Lipinski definition) is 1. The van der Waals surface area contributed by atoms with Crippen LogP contribution in [0.2, 0.25) is 0 Å². The lowest BCUT2D eigenvalue weighted by Gasteiger charge is -2.31. The second-order valence-corrected chi connectivity index (χ2v) is 7.23. The van der Waals surface area contributed by atoms with Crippen molar-refractivity contribution in [3.63, 3.8) is 0 Å². The molecule has 2 aromatic heterocycles. The molecule has 2 aromatic rings. The molecule has 0 bridgehead atoms. The largest absolute Gasteiger partial charge is 0.298 e. The van der Waals surface area contributed by atoms with E-state index in [2.05, 4.69) is 30.0 Å². The molecule has 6 nitrogen and oxygen atoms in total. The van der Waals surface area contributed by atoms with Gasteiger partial charge in [0.05, 0.1) is 0 Å². The van der Waals surface area contributed by atoms with Crippen molar-refractivity contribution in [2.75, 3.05) is 13.1 Å². The van der Waals surface area contributed by atoms with E-state index < -0.39 is 0 Å². The SMILES string of the molecule is c1n[nH]c([C@@H]2CCCN(Cc3cnc(C4CCCCC4)nc3)C2)n1. The lowest BCUT2D eigenvalue weighted by Crippen LogP contribution is -2.34. The molecule has 3 heterocycles. The van der Waals surface area contributed by atoms with Crippen LogP contribution >= 0.6 is 0 Å². The molecule has 1 aliphatic heterocycles. The number of likely N-dealkylation sites (tertiary alicyclic amines) is 1. The Morgan fingerprint density at radius 2 is 1.75 bits per heavy atom. The maximum Gasteiger partial charge on any atom is 0.137 e. The fraction of sp³-hybridized carbons (Fsp3) is 0.667. The Balaban J connectivity index is 1.36. The van der Waals surface area contributed by atoms with E-state index in [1.807, 2.05) is 12.4 Å². The van der Waals surface area contributed by atoms with Crippen molar-refractivity contribution in [1.29, 1.82) is 0 Å². The molecule has 1 N–H and O–H groups in total. The number of piperidine rings is 1. The van der Waals surface area contributed by atoms with Crippen molar-refractivity contribution >= 4 is 0 Å². The van der Waals surface area contributed by atoms with E-state index in [9.17, 15) is 0 Å². The second-order valence-electron chi connectivity index (χ2n) is 7.23. The molecule has 128 valence electrons. The summed E-state index contributed by atoms with van der Waals surface area (Å²) in [6, 6.07) is 0. The quantitative estimate of drug-likeness (QED) is 0.935. The zero-order chi connectivity index (χ0) is 16.2. The van der Waals surface area contributed by atoms with E-state index in [0.29, 0.717) is 11.8 Å². The predicted molar refractivity (Wildman–Crippen MR) is 91.5 cm³/mol.